The molecule has 194 valence electrons. The molecule has 0 amide bonds. The van der Waals surface area contributed by atoms with Gasteiger partial charge in [-0.3, -0.25) is 0 Å². The van der Waals surface area contributed by atoms with Crippen molar-refractivity contribution in [3.05, 3.63) is 41.2 Å². The van der Waals surface area contributed by atoms with Gasteiger partial charge in [0.15, 0.2) is 0 Å². The van der Waals surface area contributed by atoms with Crippen molar-refractivity contribution in [1.82, 2.24) is 0 Å². The van der Waals surface area contributed by atoms with Crippen molar-refractivity contribution in [2.45, 2.75) is 116 Å². The first-order valence-corrected chi connectivity index (χ1v) is 16.6. The third kappa shape index (κ3) is 6.11. The normalized spacial score (nSPS) is 21.1. The predicted molar refractivity (Wildman–Crippen MR) is 151 cm³/mol. The van der Waals surface area contributed by atoms with Crippen LogP contribution in [0.2, 0.25) is 16.6 Å². The zero-order chi connectivity index (χ0) is 26.6. The maximum atomic E-state index is 13.3. The van der Waals surface area contributed by atoms with Gasteiger partial charge < -0.3 is 4.43 Å². The summed E-state index contributed by atoms with van der Waals surface area (Å²) in [7, 11) is -6.01. The van der Waals surface area contributed by atoms with Gasteiger partial charge in [-0.25, -0.2) is 0 Å². The van der Waals surface area contributed by atoms with Crippen LogP contribution in [-0.4, -0.2) is 22.4 Å². The summed E-state index contributed by atoms with van der Waals surface area (Å²) in [4.78, 5) is 0.203. The molecule has 1 aromatic carbocycles. The molecule has 0 spiro atoms. The van der Waals surface area contributed by atoms with E-state index in [1.807, 2.05) is 6.92 Å². The summed E-state index contributed by atoms with van der Waals surface area (Å²) < 4.78 is 38.1. The highest BCUT2D eigenvalue weighted by Gasteiger charge is 2.48. The summed E-state index contributed by atoms with van der Waals surface area (Å²) in [6.45, 7) is 19.8. The molecular weight excluding hydrogens is 470 g/mol. The van der Waals surface area contributed by atoms with Crippen LogP contribution in [0.3, 0.4) is 0 Å². The van der Waals surface area contributed by atoms with Crippen molar-refractivity contribution in [1.29, 1.82) is 0 Å². The number of hydrogen-bond acceptors (Lipinski definition) is 3. The number of aryl methyl sites for hydroxylation is 1. The van der Waals surface area contributed by atoms with Crippen LogP contribution in [0.5, 0.6) is 0 Å². The molecule has 1 atom stereocenters. The molecule has 0 aliphatic heterocycles. The van der Waals surface area contributed by atoms with Crippen LogP contribution in [0.15, 0.2) is 44.9 Å². The Labute approximate surface area is 215 Å². The average molecular weight is 516 g/mol. The Kier molecular flexibility index (Phi) is 9.64. The van der Waals surface area contributed by atoms with E-state index in [-0.39, 0.29) is 4.90 Å². The van der Waals surface area contributed by atoms with Gasteiger partial charge in [0, 0.05) is 6.42 Å². The number of allylic oxidation sites excluding steroid dienone is 2. The van der Waals surface area contributed by atoms with E-state index >= 15 is 0 Å². The fraction of sp³-hybridized carbons (Fsp3) is 0.621. The second kappa shape index (κ2) is 11.5. The quantitative estimate of drug-likeness (QED) is 0.246. The minimum atomic E-state index is -3.86. The van der Waals surface area contributed by atoms with Crippen molar-refractivity contribution in [3.8, 4) is 12.3 Å². The summed E-state index contributed by atoms with van der Waals surface area (Å²) in [6.07, 6.45) is 9.39. The van der Waals surface area contributed by atoms with Crippen LogP contribution in [0.1, 0.15) is 93.1 Å². The number of nitrogens with zero attached hydrogens (tertiary/aromatic N) is 1. The van der Waals surface area contributed by atoms with Crippen molar-refractivity contribution in [2.75, 3.05) is 0 Å². The summed E-state index contributed by atoms with van der Waals surface area (Å²) >= 11 is 0. The van der Waals surface area contributed by atoms with Gasteiger partial charge in [-0.05, 0) is 67.4 Å². The first kappa shape index (κ1) is 29.4. The molecule has 2 rings (SSSR count). The van der Waals surface area contributed by atoms with Gasteiger partial charge in [0.1, 0.15) is 0 Å². The smallest absolute Gasteiger partial charge is 0.282 e. The number of sulfonamides is 1. The largest absolute Gasteiger partial charge is 0.546 e. The molecule has 0 aromatic heterocycles. The molecule has 6 heteroatoms. The second-order valence-electron chi connectivity index (χ2n) is 11.1. The molecule has 0 fully saturated rings. The Hall–Kier alpha value is -1.84. The highest BCUT2D eigenvalue weighted by atomic mass is 32.2. The Balaban J connectivity index is 2.59. The first-order chi connectivity index (χ1) is 16.3. The van der Waals surface area contributed by atoms with Crippen LogP contribution < -0.4 is 0 Å². The molecule has 4 nitrogen and oxygen atoms in total. The maximum Gasteiger partial charge on any atom is 0.282 e. The van der Waals surface area contributed by atoms with Gasteiger partial charge in [-0.1, -0.05) is 78.5 Å². The van der Waals surface area contributed by atoms with Crippen LogP contribution in [0.4, 0.5) is 0 Å². The lowest BCUT2D eigenvalue weighted by molar-refractivity contribution is 0.349. The van der Waals surface area contributed by atoms with Crippen LogP contribution >= 0.6 is 0 Å². The van der Waals surface area contributed by atoms with Crippen molar-refractivity contribution < 1.29 is 12.8 Å². The van der Waals surface area contributed by atoms with Gasteiger partial charge in [0.2, 0.25) is 0 Å². The maximum absolute atomic E-state index is 13.3. The molecule has 0 N–H and O–H groups in total. The van der Waals surface area contributed by atoms with Gasteiger partial charge in [-0.2, -0.15) is 12.8 Å². The van der Waals surface area contributed by atoms with E-state index in [9.17, 15) is 8.42 Å². The molecule has 1 aliphatic rings. The summed E-state index contributed by atoms with van der Waals surface area (Å²) in [5.74, 6) is 4.00. The summed E-state index contributed by atoms with van der Waals surface area (Å²) in [5.41, 5.74) is 3.36. The molecule has 0 heterocycles. The molecule has 0 saturated carbocycles. The van der Waals surface area contributed by atoms with E-state index in [2.05, 4.69) is 65.7 Å². The molecule has 1 aromatic rings. The average Bonchev–Trinajstić information content (AvgIpc) is 2.88. The van der Waals surface area contributed by atoms with Crippen LogP contribution in [0, 0.1) is 24.7 Å². The standard InChI is InChI=1S/C29H45NO3SSi/c1-11-19-29(12-2)20-25(10)27(33-35(21(3)4,22(5)6)23(7)8)17-18-28(29)30-34(31,32)26-15-13-24(9)14-16-26/h2,13-16,21-23H,11,17-20H2,1,3-10H3/b30-28+/t29-/m0/s1. The molecule has 0 saturated heterocycles. The predicted octanol–water partition coefficient (Wildman–Crippen LogP) is 8.19. The number of rotatable bonds is 9. The zero-order valence-corrected chi connectivity index (χ0v) is 25.1. The highest BCUT2D eigenvalue weighted by Crippen LogP contribution is 2.47. The van der Waals surface area contributed by atoms with Crippen LogP contribution in [-0.2, 0) is 14.4 Å². The Morgan fingerprint density at radius 2 is 1.57 bits per heavy atom. The van der Waals surface area contributed by atoms with E-state index in [0.29, 0.717) is 48.0 Å². The van der Waals surface area contributed by atoms with Crippen molar-refractivity contribution in [3.63, 3.8) is 0 Å². The molecule has 0 bridgehead atoms. The SMILES string of the molecule is C#C[C@]1(CCC)CC(C)=C(O[Si](C(C)C)(C(C)C)C(C)C)CC/C1=N\S(=O)(=O)c1ccc(C)cc1. The van der Waals surface area contributed by atoms with Gasteiger partial charge in [0.05, 0.1) is 21.8 Å². The third-order valence-electron chi connectivity index (χ3n) is 7.69. The lowest BCUT2D eigenvalue weighted by Gasteiger charge is -2.43. The zero-order valence-electron chi connectivity index (χ0n) is 23.2. The Bertz CT molecular complexity index is 1070. The lowest BCUT2D eigenvalue weighted by Crippen LogP contribution is -2.47. The Morgan fingerprint density at radius 1 is 1.03 bits per heavy atom. The molecule has 1 aliphatic carbocycles. The fourth-order valence-electron chi connectivity index (χ4n) is 5.95. The first-order valence-electron chi connectivity index (χ1n) is 13.0. The van der Waals surface area contributed by atoms with E-state index in [1.165, 1.54) is 0 Å². The topological polar surface area (TPSA) is 55.7 Å². The molecule has 0 radical (unpaired) electrons. The third-order valence-corrected chi connectivity index (χ3v) is 15.0. The fourth-order valence-corrected chi connectivity index (χ4v) is 12.5. The van der Waals surface area contributed by atoms with Gasteiger partial charge in [-0.15, -0.1) is 6.42 Å². The number of hydrogen-bond donors (Lipinski definition) is 0. The van der Waals surface area contributed by atoms with Crippen LogP contribution in [0.25, 0.3) is 0 Å². The Morgan fingerprint density at radius 3 is 2.03 bits per heavy atom. The van der Waals surface area contributed by atoms with Gasteiger partial charge >= 0.3 is 0 Å². The van der Waals surface area contributed by atoms with E-state index < -0.39 is 23.8 Å². The monoisotopic (exact) mass is 515 g/mol. The highest BCUT2D eigenvalue weighted by molar-refractivity contribution is 7.90. The van der Waals surface area contributed by atoms with E-state index in [4.69, 9.17) is 10.8 Å². The van der Waals surface area contributed by atoms with E-state index in [0.717, 1.165) is 23.3 Å². The lowest BCUT2D eigenvalue weighted by atomic mass is 9.75. The van der Waals surface area contributed by atoms with Gasteiger partial charge in [0.25, 0.3) is 18.3 Å². The number of benzene rings is 1. The second-order valence-corrected chi connectivity index (χ2v) is 18.1. The minimum Gasteiger partial charge on any atom is -0.546 e. The molecule has 0 unspecified atom stereocenters. The van der Waals surface area contributed by atoms with E-state index in [1.54, 1.807) is 24.3 Å². The van der Waals surface area contributed by atoms with Crippen molar-refractivity contribution >= 4 is 24.1 Å². The minimum absolute atomic E-state index is 0.203. The summed E-state index contributed by atoms with van der Waals surface area (Å²) in [5, 5.41) is 0. The summed E-state index contributed by atoms with van der Waals surface area (Å²) in [6, 6.07) is 6.84. The number of terminal acetylenes is 1. The molecular formula is C29H45NO3SSi. The van der Waals surface area contributed by atoms with Crippen molar-refractivity contribution in [2.24, 2.45) is 9.81 Å². The molecule has 35 heavy (non-hydrogen) atoms.